The van der Waals surface area contributed by atoms with Crippen LogP contribution in [0, 0.1) is 11.3 Å². The summed E-state index contributed by atoms with van der Waals surface area (Å²) in [6, 6.07) is 12.3. The molecule has 0 amide bonds. The lowest BCUT2D eigenvalue weighted by atomic mass is 9.65. The standard InChI is InChI=1S/C25H29N7O/c1-17-11-30(12-18(2)31(17)21-13-33-14-21)23-9-24(28-16-27-23)32-22-8-20(5-4-19(22)10-29-32)25(15-26)6-3-7-25/h4-5,8-10,16-18,21H,3,6-7,11-14H2,1-2H3/t17-,18+. The number of rotatable bonds is 4. The molecule has 2 atom stereocenters. The molecule has 6 rings (SSSR count). The van der Waals surface area contributed by atoms with Crippen molar-refractivity contribution in [2.45, 2.75) is 56.7 Å². The molecule has 1 aliphatic carbocycles. The Balaban J connectivity index is 1.31. The van der Waals surface area contributed by atoms with Gasteiger partial charge in [-0.3, -0.25) is 4.90 Å². The van der Waals surface area contributed by atoms with Crippen LogP contribution in [0.4, 0.5) is 5.82 Å². The average Bonchev–Trinajstić information content (AvgIpc) is 3.18. The first kappa shape index (κ1) is 20.6. The van der Waals surface area contributed by atoms with Gasteiger partial charge < -0.3 is 9.64 Å². The number of piperazine rings is 1. The molecule has 2 aromatic heterocycles. The summed E-state index contributed by atoms with van der Waals surface area (Å²) in [6.45, 7) is 8.10. The maximum Gasteiger partial charge on any atom is 0.159 e. The van der Waals surface area contributed by atoms with Crippen LogP contribution in [-0.4, -0.2) is 69.1 Å². The molecule has 0 unspecified atom stereocenters. The van der Waals surface area contributed by atoms with E-state index in [0.29, 0.717) is 18.1 Å². The number of nitriles is 1. The Kier molecular flexibility index (Phi) is 4.86. The SMILES string of the molecule is C[C@@H]1CN(c2cc(-n3ncc4ccc(C5(C#N)CCC5)cc43)ncn2)C[C@H](C)N1C1COC1. The summed E-state index contributed by atoms with van der Waals surface area (Å²) < 4.78 is 7.31. The van der Waals surface area contributed by atoms with Crippen molar-refractivity contribution in [1.82, 2.24) is 24.6 Å². The first-order valence-corrected chi connectivity index (χ1v) is 11.9. The van der Waals surface area contributed by atoms with Crippen LogP contribution >= 0.6 is 0 Å². The van der Waals surface area contributed by atoms with Crippen molar-refractivity contribution in [3.8, 4) is 11.9 Å². The third-order valence-electron chi connectivity index (χ3n) is 7.75. The third-order valence-corrected chi connectivity index (χ3v) is 7.75. The smallest absolute Gasteiger partial charge is 0.159 e. The molecule has 170 valence electrons. The second-order valence-corrected chi connectivity index (χ2v) is 9.85. The van der Waals surface area contributed by atoms with Crippen molar-refractivity contribution < 1.29 is 4.74 Å². The van der Waals surface area contributed by atoms with E-state index in [2.05, 4.69) is 63.0 Å². The number of nitrogens with zero attached hydrogens (tertiary/aromatic N) is 7. The lowest BCUT2D eigenvalue weighted by molar-refractivity contribution is -0.0941. The summed E-state index contributed by atoms with van der Waals surface area (Å²) in [7, 11) is 0. The minimum Gasteiger partial charge on any atom is -0.378 e. The molecule has 2 aliphatic heterocycles. The Morgan fingerprint density at radius 3 is 2.45 bits per heavy atom. The monoisotopic (exact) mass is 443 g/mol. The molecular formula is C25H29N7O. The Morgan fingerprint density at radius 1 is 1.06 bits per heavy atom. The molecule has 0 bridgehead atoms. The zero-order chi connectivity index (χ0) is 22.6. The quantitative estimate of drug-likeness (QED) is 0.613. The van der Waals surface area contributed by atoms with E-state index >= 15 is 0 Å². The van der Waals surface area contributed by atoms with Gasteiger partial charge in [0, 0.05) is 36.6 Å². The van der Waals surface area contributed by atoms with Crippen molar-refractivity contribution in [1.29, 1.82) is 5.26 Å². The van der Waals surface area contributed by atoms with Gasteiger partial charge in [-0.15, -0.1) is 0 Å². The molecule has 2 saturated heterocycles. The normalized spacial score (nSPS) is 25.4. The van der Waals surface area contributed by atoms with E-state index in [1.165, 1.54) is 0 Å². The molecule has 4 heterocycles. The van der Waals surface area contributed by atoms with Crippen molar-refractivity contribution in [3.05, 3.63) is 42.4 Å². The first-order valence-electron chi connectivity index (χ1n) is 11.9. The number of ether oxygens (including phenoxy) is 1. The van der Waals surface area contributed by atoms with Crippen LogP contribution in [0.25, 0.3) is 16.7 Å². The van der Waals surface area contributed by atoms with Crippen molar-refractivity contribution in [3.63, 3.8) is 0 Å². The van der Waals surface area contributed by atoms with Crippen LogP contribution in [-0.2, 0) is 10.2 Å². The van der Waals surface area contributed by atoms with Crippen LogP contribution in [0.2, 0.25) is 0 Å². The van der Waals surface area contributed by atoms with Gasteiger partial charge in [0.1, 0.15) is 12.1 Å². The molecule has 0 N–H and O–H groups in total. The molecule has 8 heteroatoms. The fourth-order valence-corrected chi connectivity index (χ4v) is 5.76. The number of anilines is 1. The van der Waals surface area contributed by atoms with E-state index in [-0.39, 0.29) is 5.41 Å². The maximum absolute atomic E-state index is 9.79. The predicted molar refractivity (Wildman–Crippen MR) is 125 cm³/mol. The number of hydrogen-bond acceptors (Lipinski definition) is 7. The first-order chi connectivity index (χ1) is 16.1. The molecule has 3 fully saturated rings. The largest absolute Gasteiger partial charge is 0.378 e. The molecule has 0 radical (unpaired) electrons. The van der Waals surface area contributed by atoms with E-state index in [9.17, 15) is 5.26 Å². The molecule has 3 aromatic rings. The summed E-state index contributed by atoms with van der Waals surface area (Å²) in [6.07, 6.45) is 6.46. The summed E-state index contributed by atoms with van der Waals surface area (Å²) in [5.74, 6) is 1.68. The van der Waals surface area contributed by atoms with Crippen LogP contribution in [0.1, 0.15) is 38.7 Å². The second-order valence-electron chi connectivity index (χ2n) is 9.85. The summed E-state index contributed by atoms with van der Waals surface area (Å²) in [5.41, 5.74) is 1.71. The fourth-order valence-electron chi connectivity index (χ4n) is 5.76. The van der Waals surface area contributed by atoms with Gasteiger partial charge in [-0.25, -0.2) is 14.6 Å². The average molecular weight is 444 g/mol. The number of hydrogen-bond donors (Lipinski definition) is 0. The Morgan fingerprint density at radius 2 is 1.82 bits per heavy atom. The van der Waals surface area contributed by atoms with Crippen LogP contribution in [0.15, 0.2) is 36.8 Å². The number of benzene rings is 1. The molecular weight excluding hydrogens is 414 g/mol. The predicted octanol–water partition coefficient (Wildman–Crippen LogP) is 3.06. The van der Waals surface area contributed by atoms with E-state index < -0.39 is 0 Å². The lowest BCUT2D eigenvalue weighted by Gasteiger charge is -2.50. The highest BCUT2D eigenvalue weighted by Crippen LogP contribution is 2.43. The minimum atomic E-state index is -0.350. The summed E-state index contributed by atoms with van der Waals surface area (Å²) in [4.78, 5) is 14.1. The van der Waals surface area contributed by atoms with Gasteiger partial charge in [0.15, 0.2) is 5.82 Å². The Labute approximate surface area is 193 Å². The highest BCUT2D eigenvalue weighted by molar-refractivity contribution is 5.81. The molecule has 1 saturated carbocycles. The maximum atomic E-state index is 9.79. The van der Waals surface area contributed by atoms with Gasteiger partial charge >= 0.3 is 0 Å². The van der Waals surface area contributed by atoms with E-state index in [4.69, 9.17) is 4.74 Å². The summed E-state index contributed by atoms with van der Waals surface area (Å²) in [5, 5.41) is 15.5. The van der Waals surface area contributed by atoms with Gasteiger partial charge in [0.05, 0.1) is 42.5 Å². The summed E-state index contributed by atoms with van der Waals surface area (Å²) >= 11 is 0. The topological polar surface area (TPSA) is 83.1 Å². The molecule has 8 nitrogen and oxygen atoms in total. The Bertz CT molecular complexity index is 1210. The van der Waals surface area contributed by atoms with Crippen molar-refractivity contribution >= 4 is 16.7 Å². The van der Waals surface area contributed by atoms with Crippen LogP contribution in [0.5, 0.6) is 0 Å². The van der Waals surface area contributed by atoms with E-state index in [0.717, 1.165) is 73.7 Å². The molecule has 1 aromatic carbocycles. The molecule has 3 aliphatic rings. The lowest BCUT2D eigenvalue weighted by Crippen LogP contribution is -2.64. The second kappa shape index (κ2) is 7.79. The van der Waals surface area contributed by atoms with Crippen LogP contribution < -0.4 is 4.90 Å². The van der Waals surface area contributed by atoms with Gasteiger partial charge in [-0.1, -0.05) is 12.1 Å². The zero-order valence-corrected chi connectivity index (χ0v) is 19.2. The van der Waals surface area contributed by atoms with E-state index in [1.807, 2.05) is 16.9 Å². The van der Waals surface area contributed by atoms with Gasteiger partial charge in [0.25, 0.3) is 0 Å². The zero-order valence-electron chi connectivity index (χ0n) is 19.2. The Hall–Kier alpha value is -3.02. The van der Waals surface area contributed by atoms with Crippen molar-refractivity contribution in [2.75, 3.05) is 31.2 Å². The highest BCUT2D eigenvalue weighted by atomic mass is 16.5. The van der Waals surface area contributed by atoms with Gasteiger partial charge in [0.2, 0.25) is 0 Å². The number of aromatic nitrogens is 4. The third kappa shape index (κ3) is 3.30. The number of fused-ring (bicyclic) bond motifs is 1. The van der Waals surface area contributed by atoms with E-state index in [1.54, 1.807) is 6.33 Å². The fraction of sp³-hybridized carbons (Fsp3) is 0.520. The molecule has 33 heavy (non-hydrogen) atoms. The van der Waals surface area contributed by atoms with Gasteiger partial charge in [-0.2, -0.15) is 10.4 Å². The highest BCUT2D eigenvalue weighted by Gasteiger charge is 2.39. The van der Waals surface area contributed by atoms with Crippen LogP contribution in [0.3, 0.4) is 0 Å². The van der Waals surface area contributed by atoms with Crippen molar-refractivity contribution in [2.24, 2.45) is 0 Å². The van der Waals surface area contributed by atoms with Gasteiger partial charge in [-0.05, 0) is 44.7 Å². The minimum absolute atomic E-state index is 0.350. The molecule has 0 spiro atoms.